The van der Waals surface area contributed by atoms with Crippen LogP contribution in [0.5, 0.6) is 0 Å². The van der Waals surface area contributed by atoms with Crippen molar-refractivity contribution in [3.05, 3.63) is 53.2 Å². The molecule has 2 aromatic rings. The van der Waals surface area contributed by atoms with Gasteiger partial charge in [-0.05, 0) is 30.7 Å². The zero-order chi connectivity index (χ0) is 13.8. The molecule has 0 fully saturated rings. The lowest BCUT2D eigenvalue weighted by Crippen LogP contribution is -2.15. The van der Waals surface area contributed by atoms with Gasteiger partial charge in [0.1, 0.15) is 11.9 Å². The summed E-state index contributed by atoms with van der Waals surface area (Å²) < 4.78 is 0. The number of benzene rings is 1. The van der Waals surface area contributed by atoms with Crippen molar-refractivity contribution in [2.75, 3.05) is 11.1 Å². The van der Waals surface area contributed by atoms with Crippen molar-refractivity contribution in [1.29, 1.82) is 5.26 Å². The second kappa shape index (κ2) is 5.19. The standard InChI is InChI=1S/C14H12N4O/c1-9-4-2-6-12(11(9)8-15)18-14(19)10-5-3-7-17-13(10)16/h2-7H,1H3,(H2,16,17)(H,18,19). The summed E-state index contributed by atoms with van der Waals surface area (Å²) in [5.41, 5.74) is 7.64. The van der Waals surface area contributed by atoms with Gasteiger partial charge < -0.3 is 11.1 Å². The zero-order valence-corrected chi connectivity index (χ0v) is 10.3. The number of amides is 1. The third-order valence-electron chi connectivity index (χ3n) is 2.72. The van der Waals surface area contributed by atoms with Crippen molar-refractivity contribution in [1.82, 2.24) is 4.98 Å². The first-order valence-electron chi connectivity index (χ1n) is 5.65. The molecule has 1 aromatic heterocycles. The van der Waals surface area contributed by atoms with E-state index in [4.69, 9.17) is 11.0 Å². The number of pyridine rings is 1. The number of nitrogens with two attached hydrogens (primary N) is 1. The minimum absolute atomic E-state index is 0.158. The molecule has 1 amide bonds. The first-order valence-corrected chi connectivity index (χ1v) is 5.65. The van der Waals surface area contributed by atoms with Crippen LogP contribution >= 0.6 is 0 Å². The molecule has 0 aliphatic heterocycles. The molecule has 1 heterocycles. The molecule has 2 rings (SSSR count). The Morgan fingerprint density at radius 1 is 1.37 bits per heavy atom. The Bertz CT molecular complexity index is 673. The van der Waals surface area contributed by atoms with Crippen molar-refractivity contribution >= 4 is 17.4 Å². The van der Waals surface area contributed by atoms with Crippen LogP contribution in [0.3, 0.4) is 0 Å². The molecule has 1 aromatic carbocycles. The van der Waals surface area contributed by atoms with Crippen molar-refractivity contribution in [3.8, 4) is 6.07 Å². The highest BCUT2D eigenvalue weighted by atomic mass is 16.1. The van der Waals surface area contributed by atoms with E-state index in [0.29, 0.717) is 11.3 Å². The number of carbonyl (C=O) groups is 1. The maximum atomic E-state index is 12.1. The van der Waals surface area contributed by atoms with Crippen LogP contribution in [0.4, 0.5) is 11.5 Å². The Labute approximate surface area is 110 Å². The molecule has 0 radical (unpaired) electrons. The van der Waals surface area contributed by atoms with Gasteiger partial charge in [-0.25, -0.2) is 4.98 Å². The van der Waals surface area contributed by atoms with Crippen LogP contribution in [-0.2, 0) is 0 Å². The SMILES string of the molecule is Cc1cccc(NC(=O)c2cccnc2N)c1C#N. The predicted molar refractivity (Wildman–Crippen MR) is 72.5 cm³/mol. The lowest BCUT2D eigenvalue weighted by Gasteiger charge is -2.09. The summed E-state index contributed by atoms with van der Waals surface area (Å²) in [5.74, 6) is -0.223. The van der Waals surface area contributed by atoms with E-state index in [1.54, 1.807) is 24.3 Å². The molecular weight excluding hydrogens is 240 g/mol. The number of nitrogens with zero attached hydrogens (tertiary/aromatic N) is 2. The van der Waals surface area contributed by atoms with Gasteiger partial charge in [0, 0.05) is 6.20 Å². The Morgan fingerprint density at radius 3 is 2.84 bits per heavy atom. The number of anilines is 2. The molecule has 0 saturated carbocycles. The van der Waals surface area contributed by atoms with Crippen LogP contribution in [0.25, 0.3) is 0 Å². The summed E-state index contributed by atoms with van der Waals surface area (Å²) in [5, 5.41) is 11.8. The third kappa shape index (κ3) is 2.53. The molecule has 0 saturated heterocycles. The lowest BCUT2D eigenvalue weighted by molar-refractivity contribution is 0.102. The monoisotopic (exact) mass is 252 g/mol. The van der Waals surface area contributed by atoms with Crippen molar-refractivity contribution in [3.63, 3.8) is 0 Å². The molecule has 0 atom stereocenters. The first kappa shape index (κ1) is 12.6. The Kier molecular flexibility index (Phi) is 3.44. The lowest BCUT2D eigenvalue weighted by atomic mass is 10.1. The van der Waals surface area contributed by atoms with E-state index >= 15 is 0 Å². The number of aromatic nitrogens is 1. The van der Waals surface area contributed by atoms with E-state index in [1.165, 1.54) is 6.20 Å². The summed E-state index contributed by atoms with van der Waals surface area (Å²) in [6.45, 7) is 1.81. The number of nitrogen functional groups attached to an aromatic ring is 1. The number of aryl methyl sites for hydroxylation is 1. The molecule has 0 aliphatic carbocycles. The van der Waals surface area contributed by atoms with Gasteiger partial charge in [0.2, 0.25) is 0 Å². The van der Waals surface area contributed by atoms with Gasteiger partial charge in [0.25, 0.3) is 5.91 Å². The van der Waals surface area contributed by atoms with Crippen molar-refractivity contribution in [2.45, 2.75) is 6.92 Å². The van der Waals surface area contributed by atoms with Gasteiger partial charge >= 0.3 is 0 Å². The van der Waals surface area contributed by atoms with Crippen LogP contribution in [0, 0.1) is 18.3 Å². The molecule has 0 spiro atoms. The highest BCUT2D eigenvalue weighted by molar-refractivity contribution is 6.07. The van der Waals surface area contributed by atoms with Crippen LogP contribution in [0.15, 0.2) is 36.5 Å². The summed E-state index contributed by atoms with van der Waals surface area (Å²) in [4.78, 5) is 15.9. The maximum Gasteiger partial charge on any atom is 0.259 e. The number of carbonyl (C=O) groups excluding carboxylic acids is 1. The van der Waals surface area contributed by atoms with Crippen LogP contribution in [0.2, 0.25) is 0 Å². The Balaban J connectivity index is 2.33. The predicted octanol–water partition coefficient (Wildman–Crippen LogP) is 2.10. The van der Waals surface area contributed by atoms with Crippen molar-refractivity contribution in [2.24, 2.45) is 0 Å². The summed E-state index contributed by atoms with van der Waals surface area (Å²) in [7, 11) is 0. The Hall–Kier alpha value is -2.87. The van der Waals surface area contributed by atoms with Gasteiger partial charge in [0.15, 0.2) is 0 Å². The number of rotatable bonds is 2. The van der Waals surface area contributed by atoms with Gasteiger partial charge in [-0.2, -0.15) is 5.26 Å². The molecule has 0 bridgehead atoms. The number of hydrogen-bond donors (Lipinski definition) is 2. The smallest absolute Gasteiger partial charge is 0.259 e. The zero-order valence-electron chi connectivity index (χ0n) is 10.3. The molecule has 0 unspecified atom stereocenters. The van der Waals surface area contributed by atoms with Crippen LogP contribution in [0.1, 0.15) is 21.5 Å². The number of nitrogens with one attached hydrogen (secondary N) is 1. The average Bonchev–Trinajstić information content (AvgIpc) is 2.39. The maximum absolute atomic E-state index is 12.1. The van der Waals surface area contributed by atoms with E-state index in [9.17, 15) is 4.79 Å². The first-order chi connectivity index (χ1) is 9.13. The molecule has 19 heavy (non-hydrogen) atoms. The minimum atomic E-state index is -0.382. The van der Waals surface area contributed by atoms with E-state index in [1.807, 2.05) is 13.0 Å². The fourth-order valence-electron chi connectivity index (χ4n) is 1.72. The third-order valence-corrected chi connectivity index (χ3v) is 2.72. The molecular formula is C14H12N4O. The summed E-state index contributed by atoms with van der Waals surface area (Å²) in [6.07, 6.45) is 1.51. The fraction of sp³-hybridized carbons (Fsp3) is 0.0714. The topological polar surface area (TPSA) is 91.8 Å². The summed E-state index contributed by atoms with van der Waals surface area (Å²) >= 11 is 0. The fourth-order valence-corrected chi connectivity index (χ4v) is 1.72. The highest BCUT2D eigenvalue weighted by Gasteiger charge is 2.13. The van der Waals surface area contributed by atoms with Gasteiger partial charge in [0.05, 0.1) is 16.8 Å². The molecule has 94 valence electrons. The second-order valence-electron chi connectivity index (χ2n) is 4.00. The normalized spacial score (nSPS) is 9.68. The van der Waals surface area contributed by atoms with E-state index in [0.717, 1.165) is 5.56 Å². The Morgan fingerprint density at radius 2 is 2.16 bits per heavy atom. The van der Waals surface area contributed by atoms with Crippen LogP contribution in [-0.4, -0.2) is 10.9 Å². The quantitative estimate of drug-likeness (QED) is 0.856. The number of hydrogen-bond acceptors (Lipinski definition) is 4. The largest absolute Gasteiger partial charge is 0.383 e. The molecule has 5 heteroatoms. The van der Waals surface area contributed by atoms with Gasteiger partial charge in [-0.15, -0.1) is 0 Å². The van der Waals surface area contributed by atoms with E-state index < -0.39 is 0 Å². The van der Waals surface area contributed by atoms with Gasteiger partial charge in [-0.1, -0.05) is 12.1 Å². The molecule has 0 aliphatic rings. The van der Waals surface area contributed by atoms with E-state index in [2.05, 4.69) is 16.4 Å². The second-order valence-corrected chi connectivity index (χ2v) is 4.00. The highest BCUT2D eigenvalue weighted by Crippen LogP contribution is 2.19. The van der Waals surface area contributed by atoms with Crippen molar-refractivity contribution < 1.29 is 4.79 Å². The average molecular weight is 252 g/mol. The molecule has 3 N–H and O–H groups in total. The molecule has 5 nitrogen and oxygen atoms in total. The number of nitriles is 1. The van der Waals surface area contributed by atoms with E-state index in [-0.39, 0.29) is 17.3 Å². The minimum Gasteiger partial charge on any atom is -0.383 e. The van der Waals surface area contributed by atoms with Crippen LogP contribution < -0.4 is 11.1 Å². The summed E-state index contributed by atoms with van der Waals surface area (Å²) in [6, 6.07) is 10.6. The van der Waals surface area contributed by atoms with Gasteiger partial charge in [-0.3, -0.25) is 4.79 Å².